The SMILES string of the molecule is CC1Cc2ccc(CC3(N)CC3)cc2C1. The molecule has 2 aliphatic carbocycles. The van der Waals surface area contributed by atoms with E-state index in [1.54, 1.807) is 11.1 Å². The Bertz CT molecular complexity index is 390. The van der Waals surface area contributed by atoms with E-state index in [-0.39, 0.29) is 5.54 Å². The number of hydrogen-bond donors (Lipinski definition) is 1. The molecule has 0 radical (unpaired) electrons. The van der Waals surface area contributed by atoms with Crippen LogP contribution in [0.15, 0.2) is 18.2 Å². The number of fused-ring (bicyclic) bond motifs is 1. The molecule has 1 unspecified atom stereocenters. The van der Waals surface area contributed by atoms with Crippen LogP contribution in [-0.4, -0.2) is 5.54 Å². The normalized spacial score (nSPS) is 26.4. The minimum atomic E-state index is 0.151. The van der Waals surface area contributed by atoms with Crippen molar-refractivity contribution in [3.05, 3.63) is 34.9 Å². The largest absolute Gasteiger partial charge is 0.325 e. The summed E-state index contributed by atoms with van der Waals surface area (Å²) in [6, 6.07) is 7.00. The van der Waals surface area contributed by atoms with Gasteiger partial charge in [0.25, 0.3) is 0 Å². The van der Waals surface area contributed by atoms with Gasteiger partial charge in [0.1, 0.15) is 0 Å². The molecule has 15 heavy (non-hydrogen) atoms. The van der Waals surface area contributed by atoms with Crippen LogP contribution in [0, 0.1) is 5.92 Å². The quantitative estimate of drug-likeness (QED) is 0.781. The second-order valence-electron chi connectivity index (χ2n) is 5.66. The first kappa shape index (κ1) is 9.41. The lowest BCUT2D eigenvalue weighted by molar-refractivity contribution is 0.627. The van der Waals surface area contributed by atoms with Crippen molar-refractivity contribution < 1.29 is 0 Å². The lowest BCUT2D eigenvalue weighted by atomic mass is 10.0. The van der Waals surface area contributed by atoms with Gasteiger partial charge >= 0.3 is 0 Å². The van der Waals surface area contributed by atoms with Gasteiger partial charge in [-0.15, -0.1) is 0 Å². The fraction of sp³-hybridized carbons (Fsp3) is 0.571. The summed E-state index contributed by atoms with van der Waals surface area (Å²) < 4.78 is 0. The average Bonchev–Trinajstić information content (AvgIpc) is 2.76. The van der Waals surface area contributed by atoms with Crippen LogP contribution in [-0.2, 0) is 19.3 Å². The van der Waals surface area contributed by atoms with Crippen molar-refractivity contribution in [2.45, 2.75) is 44.6 Å². The van der Waals surface area contributed by atoms with E-state index in [1.165, 1.54) is 31.2 Å². The summed E-state index contributed by atoms with van der Waals surface area (Å²) in [5.74, 6) is 0.836. The lowest BCUT2D eigenvalue weighted by Crippen LogP contribution is -2.24. The second-order valence-corrected chi connectivity index (χ2v) is 5.66. The Morgan fingerprint density at radius 1 is 1.27 bits per heavy atom. The first-order valence-electron chi connectivity index (χ1n) is 6.04. The van der Waals surface area contributed by atoms with Crippen molar-refractivity contribution in [1.82, 2.24) is 0 Å². The van der Waals surface area contributed by atoms with Crippen LogP contribution in [0.25, 0.3) is 0 Å². The summed E-state index contributed by atoms with van der Waals surface area (Å²) in [6.45, 7) is 2.34. The summed E-state index contributed by atoms with van der Waals surface area (Å²) in [5, 5.41) is 0. The van der Waals surface area contributed by atoms with E-state index in [0.717, 1.165) is 12.3 Å². The van der Waals surface area contributed by atoms with Gasteiger partial charge in [0, 0.05) is 5.54 Å². The monoisotopic (exact) mass is 201 g/mol. The number of hydrogen-bond acceptors (Lipinski definition) is 1. The third-order valence-corrected chi connectivity index (χ3v) is 3.86. The van der Waals surface area contributed by atoms with E-state index in [4.69, 9.17) is 5.73 Å². The van der Waals surface area contributed by atoms with Gasteiger partial charge in [0.05, 0.1) is 0 Å². The number of benzene rings is 1. The van der Waals surface area contributed by atoms with Crippen molar-refractivity contribution in [3.63, 3.8) is 0 Å². The van der Waals surface area contributed by atoms with E-state index < -0.39 is 0 Å². The van der Waals surface area contributed by atoms with E-state index in [9.17, 15) is 0 Å². The first-order chi connectivity index (χ1) is 7.15. The first-order valence-corrected chi connectivity index (χ1v) is 6.04. The van der Waals surface area contributed by atoms with Crippen LogP contribution in [0.1, 0.15) is 36.5 Å². The van der Waals surface area contributed by atoms with Gasteiger partial charge < -0.3 is 5.73 Å². The highest BCUT2D eigenvalue weighted by Gasteiger charge is 2.38. The molecule has 1 fully saturated rings. The Balaban J connectivity index is 1.83. The highest BCUT2D eigenvalue weighted by Crippen LogP contribution is 2.36. The lowest BCUT2D eigenvalue weighted by Gasteiger charge is -2.09. The standard InChI is InChI=1S/C14H19N/c1-10-6-12-3-2-11(8-13(12)7-10)9-14(15)4-5-14/h2-3,8,10H,4-7,9,15H2,1H3. The highest BCUT2D eigenvalue weighted by molar-refractivity contribution is 5.37. The molecule has 1 atom stereocenters. The van der Waals surface area contributed by atoms with Crippen molar-refractivity contribution in [1.29, 1.82) is 0 Å². The number of rotatable bonds is 2. The maximum Gasteiger partial charge on any atom is 0.0196 e. The molecule has 0 aliphatic heterocycles. The summed E-state index contributed by atoms with van der Waals surface area (Å²) >= 11 is 0. The highest BCUT2D eigenvalue weighted by atomic mass is 14.8. The minimum Gasteiger partial charge on any atom is -0.325 e. The molecule has 1 heteroatoms. The Morgan fingerprint density at radius 2 is 2.00 bits per heavy atom. The zero-order valence-corrected chi connectivity index (χ0v) is 9.42. The molecule has 1 saturated carbocycles. The molecule has 0 aromatic heterocycles. The Morgan fingerprint density at radius 3 is 2.73 bits per heavy atom. The predicted octanol–water partition coefficient (Wildman–Crippen LogP) is 2.46. The van der Waals surface area contributed by atoms with Crippen molar-refractivity contribution in [2.75, 3.05) is 0 Å². The molecule has 1 nitrogen and oxygen atoms in total. The van der Waals surface area contributed by atoms with Gasteiger partial charge in [-0.2, -0.15) is 0 Å². The number of nitrogens with two attached hydrogens (primary N) is 1. The topological polar surface area (TPSA) is 26.0 Å². The van der Waals surface area contributed by atoms with Crippen LogP contribution < -0.4 is 5.73 Å². The van der Waals surface area contributed by atoms with Gasteiger partial charge in [-0.25, -0.2) is 0 Å². The van der Waals surface area contributed by atoms with Crippen molar-refractivity contribution in [2.24, 2.45) is 11.7 Å². The van der Waals surface area contributed by atoms with E-state index in [2.05, 4.69) is 25.1 Å². The molecule has 0 bridgehead atoms. The van der Waals surface area contributed by atoms with Crippen molar-refractivity contribution in [3.8, 4) is 0 Å². The third kappa shape index (κ3) is 1.81. The second kappa shape index (κ2) is 3.08. The smallest absolute Gasteiger partial charge is 0.0196 e. The third-order valence-electron chi connectivity index (χ3n) is 3.86. The summed E-state index contributed by atoms with van der Waals surface area (Å²) in [4.78, 5) is 0. The minimum absolute atomic E-state index is 0.151. The molecular formula is C14H19N. The van der Waals surface area contributed by atoms with Crippen LogP contribution in [0.4, 0.5) is 0 Å². The molecule has 80 valence electrons. The van der Waals surface area contributed by atoms with Crippen LogP contribution in [0.5, 0.6) is 0 Å². The molecule has 0 amide bonds. The zero-order valence-electron chi connectivity index (χ0n) is 9.42. The predicted molar refractivity (Wildman–Crippen MR) is 62.9 cm³/mol. The van der Waals surface area contributed by atoms with Crippen molar-refractivity contribution >= 4 is 0 Å². The summed E-state index contributed by atoms with van der Waals surface area (Å²) in [5.41, 5.74) is 10.9. The molecule has 2 N–H and O–H groups in total. The molecule has 1 aromatic rings. The molecule has 3 rings (SSSR count). The fourth-order valence-corrected chi connectivity index (χ4v) is 2.75. The van der Waals surface area contributed by atoms with Gasteiger partial charge in [-0.05, 0) is 54.7 Å². The van der Waals surface area contributed by atoms with Gasteiger partial charge in [-0.3, -0.25) is 0 Å². The molecule has 0 saturated heterocycles. The molecular weight excluding hydrogens is 182 g/mol. The maximum absolute atomic E-state index is 6.15. The van der Waals surface area contributed by atoms with E-state index in [0.29, 0.717) is 0 Å². The van der Waals surface area contributed by atoms with E-state index in [1.807, 2.05) is 0 Å². The molecule has 1 aromatic carbocycles. The average molecular weight is 201 g/mol. The maximum atomic E-state index is 6.15. The zero-order chi connectivity index (χ0) is 10.5. The Hall–Kier alpha value is -0.820. The van der Waals surface area contributed by atoms with Crippen LogP contribution >= 0.6 is 0 Å². The summed E-state index contributed by atoms with van der Waals surface area (Å²) in [6.07, 6.45) is 6.03. The Kier molecular flexibility index (Phi) is 1.93. The van der Waals surface area contributed by atoms with Crippen LogP contribution in [0.2, 0.25) is 0 Å². The van der Waals surface area contributed by atoms with Gasteiger partial charge in [-0.1, -0.05) is 25.1 Å². The molecule has 0 heterocycles. The molecule has 0 spiro atoms. The van der Waals surface area contributed by atoms with Crippen LogP contribution in [0.3, 0.4) is 0 Å². The summed E-state index contributed by atoms with van der Waals surface area (Å²) in [7, 11) is 0. The van der Waals surface area contributed by atoms with Gasteiger partial charge in [0.2, 0.25) is 0 Å². The fourth-order valence-electron chi connectivity index (χ4n) is 2.75. The Labute approximate surface area is 91.7 Å². The van der Waals surface area contributed by atoms with E-state index >= 15 is 0 Å². The molecule has 2 aliphatic rings. The van der Waals surface area contributed by atoms with Gasteiger partial charge in [0.15, 0.2) is 0 Å².